The molecule has 0 spiro atoms. The Labute approximate surface area is 180 Å². The monoisotopic (exact) mass is 406 g/mol. The maximum Gasteiger partial charge on any atom is 0.310 e. The van der Waals surface area contributed by atoms with Crippen LogP contribution in [-0.4, -0.2) is 17.7 Å². The van der Waals surface area contributed by atoms with Crippen molar-refractivity contribution in [2.45, 2.75) is 58.3 Å². The Kier molecular flexibility index (Phi) is 8.12. The quantitative estimate of drug-likeness (QED) is 0.400. The van der Waals surface area contributed by atoms with Crippen LogP contribution in [0.2, 0.25) is 0 Å². The van der Waals surface area contributed by atoms with Crippen LogP contribution in [0.5, 0.6) is 5.75 Å². The normalized spacial score (nSPS) is 18.7. The summed E-state index contributed by atoms with van der Waals surface area (Å²) in [6.07, 6.45) is 8.21. The molecule has 0 bridgehead atoms. The van der Waals surface area contributed by atoms with Crippen molar-refractivity contribution in [1.82, 2.24) is 0 Å². The molecule has 30 heavy (non-hydrogen) atoms. The van der Waals surface area contributed by atoms with Crippen LogP contribution in [0.1, 0.15) is 55.2 Å². The maximum atomic E-state index is 12.1. The van der Waals surface area contributed by atoms with E-state index in [1.54, 1.807) is 12.1 Å². The Balaban J connectivity index is 1.29. The van der Waals surface area contributed by atoms with Gasteiger partial charge in [0.1, 0.15) is 5.75 Å². The minimum absolute atomic E-state index is 0.119. The van der Waals surface area contributed by atoms with E-state index in [0.717, 1.165) is 37.2 Å². The van der Waals surface area contributed by atoms with E-state index < -0.39 is 0 Å². The van der Waals surface area contributed by atoms with Crippen molar-refractivity contribution in [2.75, 3.05) is 6.61 Å². The molecule has 0 atom stereocenters. The second-order valence-electron chi connectivity index (χ2n) is 8.86. The van der Waals surface area contributed by atoms with Gasteiger partial charge < -0.3 is 9.84 Å². The van der Waals surface area contributed by atoms with Crippen molar-refractivity contribution < 1.29 is 14.6 Å². The van der Waals surface area contributed by atoms with Crippen molar-refractivity contribution in [3.63, 3.8) is 0 Å². The van der Waals surface area contributed by atoms with Gasteiger partial charge in [-0.3, -0.25) is 4.79 Å². The average molecular weight is 407 g/mol. The molecular weight excluding hydrogens is 372 g/mol. The molecule has 0 amide bonds. The number of carbonyl (C=O) groups excluding carboxylic acids is 1. The van der Waals surface area contributed by atoms with Gasteiger partial charge in [-0.25, -0.2) is 0 Å². The maximum absolute atomic E-state index is 12.1. The molecule has 1 fully saturated rings. The van der Waals surface area contributed by atoms with E-state index in [1.807, 2.05) is 43.3 Å². The van der Waals surface area contributed by atoms with Gasteiger partial charge in [-0.05, 0) is 74.1 Å². The number of benzene rings is 2. The number of hydrogen-bond donors (Lipinski definition) is 1. The molecule has 1 saturated carbocycles. The lowest BCUT2D eigenvalue weighted by atomic mass is 9.79. The molecule has 1 aliphatic rings. The first-order chi connectivity index (χ1) is 14.5. The Morgan fingerprint density at radius 1 is 0.933 bits per heavy atom. The highest BCUT2D eigenvalue weighted by molar-refractivity contribution is 5.72. The lowest BCUT2D eigenvalue weighted by Crippen LogP contribution is -2.21. The van der Waals surface area contributed by atoms with Crippen molar-refractivity contribution in [3.05, 3.63) is 77.4 Å². The van der Waals surface area contributed by atoms with E-state index >= 15 is 0 Å². The van der Waals surface area contributed by atoms with Gasteiger partial charge in [0.05, 0.1) is 13.0 Å². The molecule has 0 radical (unpaired) electrons. The third-order valence-electron chi connectivity index (χ3n) is 6.21. The number of aryl methyl sites for hydroxylation is 1. The largest absolute Gasteiger partial charge is 0.508 e. The molecule has 1 aliphatic carbocycles. The summed E-state index contributed by atoms with van der Waals surface area (Å²) in [6, 6.07) is 15.5. The summed E-state index contributed by atoms with van der Waals surface area (Å²) in [4.78, 5) is 12.1. The molecule has 0 aromatic heterocycles. The topological polar surface area (TPSA) is 46.5 Å². The number of phenols is 1. The second kappa shape index (κ2) is 11.0. The fraction of sp³-hybridized carbons (Fsp3) is 0.444. The fourth-order valence-electron chi connectivity index (χ4n) is 4.22. The smallest absolute Gasteiger partial charge is 0.310 e. The zero-order chi connectivity index (χ0) is 21.3. The molecule has 0 heterocycles. The van der Waals surface area contributed by atoms with Crippen LogP contribution in [0.3, 0.4) is 0 Å². The lowest BCUT2D eigenvalue weighted by molar-refractivity contribution is -0.144. The zero-order valence-corrected chi connectivity index (χ0v) is 18.1. The molecule has 3 nitrogen and oxygen atoms in total. The number of carbonyl (C=O) groups is 1. The molecule has 160 valence electrons. The van der Waals surface area contributed by atoms with Gasteiger partial charge in [-0.2, -0.15) is 0 Å². The highest BCUT2D eigenvalue weighted by Crippen LogP contribution is 2.32. The summed E-state index contributed by atoms with van der Waals surface area (Å²) in [5.74, 6) is 1.44. The van der Waals surface area contributed by atoms with Crippen molar-refractivity contribution in [1.29, 1.82) is 0 Å². The van der Waals surface area contributed by atoms with Crippen LogP contribution in [0.4, 0.5) is 0 Å². The first-order valence-corrected chi connectivity index (χ1v) is 11.1. The summed E-state index contributed by atoms with van der Waals surface area (Å²) < 4.78 is 5.55. The number of hydrogen-bond acceptors (Lipinski definition) is 3. The average Bonchev–Trinajstić information content (AvgIpc) is 2.75. The van der Waals surface area contributed by atoms with E-state index in [4.69, 9.17) is 4.74 Å². The van der Waals surface area contributed by atoms with Crippen LogP contribution in [0.15, 0.2) is 60.7 Å². The molecule has 0 aliphatic heterocycles. The van der Waals surface area contributed by atoms with Crippen molar-refractivity contribution in [3.8, 4) is 5.75 Å². The number of allylic oxidation sites excluding steroid dienone is 1. The summed E-state index contributed by atoms with van der Waals surface area (Å²) in [6.45, 7) is 6.85. The lowest BCUT2D eigenvalue weighted by Gasteiger charge is -2.28. The Morgan fingerprint density at radius 3 is 2.17 bits per heavy atom. The van der Waals surface area contributed by atoms with E-state index in [-0.39, 0.29) is 5.97 Å². The number of rotatable bonds is 9. The van der Waals surface area contributed by atoms with Gasteiger partial charge in [-0.15, -0.1) is 0 Å². The first kappa shape index (κ1) is 22.1. The van der Waals surface area contributed by atoms with Crippen LogP contribution in [-0.2, 0) is 22.4 Å². The van der Waals surface area contributed by atoms with E-state index in [1.165, 1.54) is 36.0 Å². The van der Waals surface area contributed by atoms with Crippen molar-refractivity contribution in [2.24, 2.45) is 11.8 Å². The molecule has 2 aromatic rings. The highest BCUT2D eigenvalue weighted by atomic mass is 16.5. The molecule has 3 heteroatoms. The number of aromatic hydroxyl groups is 1. The Bertz CT molecular complexity index is 741. The molecule has 0 unspecified atom stereocenters. The summed E-state index contributed by atoms with van der Waals surface area (Å²) in [5, 5.41) is 9.38. The predicted octanol–water partition coefficient (Wildman–Crippen LogP) is 6.17. The van der Waals surface area contributed by atoms with Gasteiger partial charge in [-0.1, -0.05) is 67.0 Å². The number of esters is 1. The molecule has 0 saturated heterocycles. The van der Waals surface area contributed by atoms with Crippen LogP contribution < -0.4 is 0 Å². The van der Waals surface area contributed by atoms with E-state index in [2.05, 4.69) is 6.58 Å². The molecule has 1 N–H and O–H groups in total. The SMILES string of the molecule is C=C(CCC1CCC(COC(=O)Cc2ccc(C)cc2)CC1)Cc1ccc(O)cc1. The standard InChI is InChI=1S/C27H34O3/c1-20-3-7-24(8-4-20)18-27(29)30-19-25-11-9-22(10-12-25)6-5-21(2)17-23-13-15-26(28)16-14-23/h3-4,7-8,13-16,22,25,28H,2,5-6,9-12,17-19H2,1H3. The third kappa shape index (κ3) is 7.37. The van der Waals surface area contributed by atoms with E-state index in [0.29, 0.717) is 24.7 Å². The summed E-state index contributed by atoms with van der Waals surface area (Å²) in [7, 11) is 0. The number of ether oxygens (including phenoxy) is 1. The first-order valence-electron chi connectivity index (χ1n) is 11.1. The zero-order valence-electron chi connectivity index (χ0n) is 18.1. The van der Waals surface area contributed by atoms with Crippen LogP contribution in [0, 0.1) is 18.8 Å². The van der Waals surface area contributed by atoms with Gasteiger partial charge in [0.25, 0.3) is 0 Å². The third-order valence-corrected chi connectivity index (χ3v) is 6.21. The van der Waals surface area contributed by atoms with Gasteiger partial charge in [0.15, 0.2) is 0 Å². The Hall–Kier alpha value is -2.55. The number of phenolic OH excluding ortho intramolecular Hbond substituents is 1. The van der Waals surface area contributed by atoms with Crippen LogP contribution in [0.25, 0.3) is 0 Å². The molecule has 2 aromatic carbocycles. The summed E-state index contributed by atoms with van der Waals surface area (Å²) in [5.41, 5.74) is 4.68. The van der Waals surface area contributed by atoms with Gasteiger partial charge in [0.2, 0.25) is 0 Å². The van der Waals surface area contributed by atoms with Crippen LogP contribution >= 0.6 is 0 Å². The second-order valence-corrected chi connectivity index (χ2v) is 8.86. The van der Waals surface area contributed by atoms with Gasteiger partial charge in [0, 0.05) is 0 Å². The predicted molar refractivity (Wildman–Crippen MR) is 121 cm³/mol. The molecular formula is C27H34O3. The van der Waals surface area contributed by atoms with E-state index in [9.17, 15) is 9.90 Å². The fourth-order valence-corrected chi connectivity index (χ4v) is 4.22. The highest BCUT2D eigenvalue weighted by Gasteiger charge is 2.22. The van der Waals surface area contributed by atoms with Gasteiger partial charge >= 0.3 is 5.97 Å². The minimum Gasteiger partial charge on any atom is -0.508 e. The molecule has 3 rings (SSSR count). The summed E-state index contributed by atoms with van der Waals surface area (Å²) >= 11 is 0. The van der Waals surface area contributed by atoms with Crippen molar-refractivity contribution >= 4 is 5.97 Å². The minimum atomic E-state index is -0.119. The Morgan fingerprint density at radius 2 is 1.50 bits per heavy atom.